The summed E-state index contributed by atoms with van der Waals surface area (Å²) in [6, 6.07) is 46.1. The Morgan fingerprint density at radius 2 is 0.946 bits per heavy atom. The fraction of sp³-hybridized carbons (Fsp3) is 0. The summed E-state index contributed by atoms with van der Waals surface area (Å²) in [6.07, 6.45) is 0. The molecule has 0 saturated heterocycles. The molecular formula is C32H24NO3P. The molecule has 5 rings (SSSR count). The standard InChI is InChI=1S/C32H24NO3P/c34-31(26-16-13-17-27(24-26)33(35)36)32(25-14-5-1-6-15-25)37(28-18-7-2-8-19-28,29-20-9-3-10-21-29)30-22-11-4-12-23-30/h1-24H. The lowest BCUT2D eigenvalue weighted by molar-refractivity contribution is -0.384. The van der Waals surface area contributed by atoms with Gasteiger partial charge >= 0.3 is 0 Å². The van der Waals surface area contributed by atoms with E-state index in [2.05, 4.69) is 36.4 Å². The highest BCUT2D eigenvalue weighted by molar-refractivity contribution is 7.97. The molecule has 0 bridgehead atoms. The molecule has 0 aliphatic rings. The van der Waals surface area contributed by atoms with E-state index in [4.69, 9.17) is 0 Å². The van der Waals surface area contributed by atoms with Crippen molar-refractivity contribution >= 4 is 39.6 Å². The Balaban J connectivity index is 2.02. The van der Waals surface area contributed by atoms with Gasteiger partial charge in [0.2, 0.25) is 0 Å². The number of Topliss-reactive ketones (excluding diaryl/α,β-unsaturated/α-hetero) is 1. The number of nitrogens with zero attached hydrogens (tertiary/aromatic N) is 1. The molecule has 0 unspecified atom stereocenters. The van der Waals surface area contributed by atoms with Crippen molar-refractivity contribution in [3.63, 3.8) is 0 Å². The highest BCUT2D eigenvalue weighted by Gasteiger charge is 2.34. The first-order valence-corrected chi connectivity index (χ1v) is 13.7. The summed E-state index contributed by atoms with van der Waals surface area (Å²) >= 11 is 0. The van der Waals surface area contributed by atoms with Gasteiger partial charge < -0.3 is 0 Å². The van der Waals surface area contributed by atoms with Crippen LogP contribution in [-0.2, 0) is 0 Å². The van der Waals surface area contributed by atoms with Crippen molar-refractivity contribution in [3.8, 4) is 0 Å². The fourth-order valence-corrected chi connectivity index (χ4v) is 9.26. The number of hydrogen-bond donors (Lipinski definition) is 0. The van der Waals surface area contributed by atoms with Crippen LogP contribution < -0.4 is 15.9 Å². The molecule has 0 heterocycles. The highest BCUT2D eigenvalue weighted by atomic mass is 31.2. The van der Waals surface area contributed by atoms with E-state index in [0.29, 0.717) is 10.9 Å². The first kappa shape index (κ1) is 24.2. The molecule has 0 spiro atoms. The third-order valence-electron chi connectivity index (χ3n) is 6.35. The van der Waals surface area contributed by atoms with Crippen molar-refractivity contribution < 1.29 is 9.72 Å². The molecule has 0 saturated carbocycles. The van der Waals surface area contributed by atoms with Gasteiger partial charge in [-0.2, -0.15) is 0 Å². The minimum atomic E-state index is -2.75. The molecule has 5 heteroatoms. The molecule has 0 amide bonds. The summed E-state index contributed by atoms with van der Waals surface area (Å²) in [6.45, 7) is -2.75. The second kappa shape index (κ2) is 10.6. The molecule has 0 aliphatic carbocycles. The maximum Gasteiger partial charge on any atom is 0.270 e. The summed E-state index contributed by atoms with van der Waals surface area (Å²) in [4.78, 5) is 25.8. The van der Waals surface area contributed by atoms with Gasteiger partial charge in [0.1, 0.15) is 0 Å². The Labute approximate surface area is 216 Å². The largest absolute Gasteiger partial charge is 0.289 e. The first-order valence-electron chi connectivity index (χ1n) is 11.9. The van der Waals surface area contributed by atoms with Gasteiger partial charge in [0.05, 0.1) is 4.92 Å². The van der Waals surface area contributed by atoms with Crippen LogP contribution in [0.25, 0.3) is 0 Å². The molecular weight excluding hydrogens is 477 g/mol. The van der Waals surface area contributed by atoms with Crippen molar-refractivity contribution in [1.82, 2.24) is 0 Å². The van der Waals surface area contributed by atoms with E-state index in [-0.39, 0.29) is 11.5 Å². The molecule has 37 heavy (non-hydrogen) atoms. The average Bonchev–Trinajstić information content (AvgIpc) is 2.97. The zero-order chi connectivity index (χ0) is 25.7. The smallest absolute Gasteiger partial charge is 0.270 e. The molecule has 0 radical (unpaired) electrons. The summed E-state index contributed by atoms with van der Waals surface area (Å²) in [5.74, 6) is -0.222. The van der Waals surface area contributed by atoms with Crippen LogP contribution in [-0.4, -0.2) is 16.0 Å². The van der Waals surface area contributed by atoms with Crippen molar-refractivity contribution in [1.29, 1.82) is 0 Å². The fourth-order valence-electron chi connectivity index (χ4n) is 4.76. The van der Waals surface area contributed by atoms with Crippen molar-refractivity contribution in [2.75, 3.05) is 0 Å². The molecule has 0 aromatic heterocycles. The van der Waals surface area contributed by atoms with Crippen LogP contribution in [0.1, 0.15) is 15.9 Å². The van der Waals surface area contributed by atoms with Gasteiger partial charge in [-0.3, -0.25) is 14.9 Å². The first-order chi connectivity index (χ1) is 18.1. The van der Waals surface area contributed by atoms with E-state index in [0.717, 1.165) is 21.5 Å². The van der Waals surface area contributed by atoms with Gasteiger partial charge in [-0.05, 0) is 28.4 Å². The Kier molecular flexibility index (Phi) is 6.93. The lowest BCUT2D eigenvalue weighted by Crippen LogP contribution is -2.34. The van der Waals surface area contributed by atoms with Crippen LogP contribution in [0, 0.1) is 10.1 Å². The van der Waals surface area contributed by atoms with Gasteiger partial charge in [-0.25, -0.2) is 0 Å². The van der Waals surface area contributed by atoms with Crippen molar-refractivity contribution in [3.05, 3.63) is 167 Å². The third kappa shape index (κ3) is 4.55. The maximum atomic E-state index is 14.7. The minimum Gasteiger partial charge on any atom is -0.289 e. The lowest BCUT2D eigenvalue weighted by Gasteiger charge is -2.32. The number of non-ortho nitro benzene ring substituents is 1. The number of carbonyl (C=O) groups excluding carboxylic acids is 1. The van der Waals surface area contributed by atoms with Crippen LogP contribution in [0.4, 0.5) is 5.69 Å². The monoisotopic (exact) mass is 501 g/mol. The Morgan fingerprint density at radius 1 is 0.541 bits per heavy atom. The molecule has 0 aliphatic heterocycles. The SMILES string of the molecule is O=C(C(c1ccccc1)=P(c1ccccc1)(c1ccccc1)c1ccccc1)c1cccc([N+](=O)[O-])c1. The molecule has 4 nitrogen and oxygen atoms in total. The molecule has 0 fully saturated rings. The van der Waals surface area contributed by atoms with E-state index in [9.17, 15) is 14.9 Å². The van der Waals surface area contributed by atoms with Crippen LogP contribution in [0.5, 0.6) is 0 Å². The van der Waals surface area contributed by atoms with E-state index >= 15 is 0 Å². The average molecular weight is 502 g/mol. The third-order valence-corrected chi connectivity index (χ3v) is 10.7. The number of nitro groups is 1. The van der Waals surface area contributed by atoms with Gasteiger partial charge in [-0.15, -0.1) is 0 Å². The second-order valence-corrected chi connectivity index (χ2v) is 11.9. The molecule has 5 aromatic rings. The van der Waals surface area contributed by atoms with E-state index < -0.39 is 11.8 Å². The molecule has 180 valence electrons. The zero-order valence-electron chi connectivity index (χ0n) is 20.0. The van der Waals surface area contributed by atoms with Crippen molar-refractivity contribution in [2.45, 2.75) is 0 Å². The number of benzene rings is 5. The zero-order valence-corrected chi connectivity index (χ0v) is 20.9. The number of nitro benzene ring substituents is 1. The predicted octanol–water partition coefficient (Wildman–Crippen LogP) is 5.99. The van der Waals surface area contributed by atoms with Gasteiger partial charge in [0, 0.05) is 23.0 Å². The quantitative estimate of drug-likeness (QED) is 0.119. The van der Waals surface area contributed by atoms with Gasteiger partial charge in [0.25, 0.3) is 5.69 Å². The van der Waals surface area contributed by atoms with Crippen LogP contribution >= 0.6 is 6.89 Å². The highest BCUT2D eigenvalue weighted by Crippen LogP contribution is 2.48. The second-order valence-electron chi connectivity index (χ2n) is 8.53. The molecule has 5 aromatic carbocycles. The lowest BCUT2D eigenvalue weighted by atomic mass is 10.0. The van der Waals surface area contributed by atoms with Crippen LogP contribution in [0.2, 0.25) is 0 Å². The van der Waals surface area contributed by atoms with Gasteiger partial charge in [-0.1, -0.05) is 133 Å². The number of carbonyl (C=O) groups is 1. The number of hydrogen-bond acceptors (Lipinski definition) is 3. The normalized spacial score (nSPS) is 11.0. The Morgan fingerprint density at radius 3 is 1.38 bits per heavy atom. The number of rotatable bonds is 7. The van der Waals surface area contributed by atoms with Crippen LogP contribution in [0.3, 0.4) is 0 Å². The minimum absolute atomic E-state index is 0.110. The maximum absolute atomic E-state index is 14.7. The predicted molar refractivity (Wildman–Crippen MR) is 153 cm³/mol. The van der Waals surface area contributed by atoms with Gasteiger partial charge in [0.15, 0.2) is 5.78 Å². The van der Waals surface area contributed by atoms with Crippen molar-refractivity contribution in [2.24, 2.45) is 0 Å². The summed E-state index contributed by atoms with van der Waals surface area (Å²) in [7, 11) is 0. The number of ketones is 1. The van der Waals surface area contributed by atoms with E-state index in [1.807, 2.05) is 84.9 Å². The van der Waals surface area contributed by atoms with Crippen LogP contribution in [0.15, 0.2) is 146 Å². The Hall–Kier alpha value is -4.53. The van der Waals surface area contributed by atoms with E-state index in [1.165, 1.54) is 12.1 Å². The summed E-state index contributed by atoms with van der Waals surface area (Å²) < 4.78 is 0. The van der Waals surface area contributed by atoms with E-state index in [1.54, 1.807) is 12.1 Å². The molecule has 0 atom stereocenters. The Bertz CT molecular complexity index is 1500. The summed E-state index contributed by atoms with van der Waals surface area (Å²) in [5.41, 5.74) is 0.977. The topological polar surface area (TPSA) is 60.2 Å². The molecule has 0 N–H and O–H groups in total. The summed E-state index contributed by atoms with van der Waals surface area (Å²) in [5, 5.41) is 15.3.